The number of aromatic nitrogens is 4. The molecule has 4 aromatic rings. The summed E-state index contributed by atoms with van der Waals surface area (Å²) in [6, 6.07) is 14.5. The van der Waals surface area contributed by atoms with Crippen LogP contribution in [-0.2, 0) is 32.9 Å². The third kappa shape index (κ3) is 8.10. The topological polar surface area (TPSA) is 234 Å². The van der Waals surface area contributed by atoms with Gasteiger partial charge in [-0.15, -0.1) is 0 Å². The van der Waals surface area contributed by atoms with E-state index in [0.29, 0.717) is 22.5 Å². The predicted molar refractivity (Wildman–Crippen MR) is 188 cm³/mol. The maximum atomic E-state index is 15.0. The number of carbonyl (C=O) groups excluding carboxylic acids is 2. The number of ether oxygens (including phenoxy) is 3. The number of anilines is 2. The van der Waals surface area contributed by atoms with Crippen LogP contribution in [0.25, 0.3) is 11.2 Å². The van der Waals surface area contributed by atoms with Gasteiger partial charge in [0.1, 0.15) is 29.9 Å². The molecule has 3 heterocycles. The molecule has 2 aromatic heterocycles. The van der Waals surface area contributed by atoms with Crippen molar-refractivity contribution in [3.05, 3.63) is 78.1 Å². The normalized spacial score (nSPS) is 22.9. The molecule has 1 saturated heterocycles. The molecule has 18 heteroatoms. The number of benzene rings is 2. The molecule has 2 fully saturated rings. The zero-order valence-corrected chi connectivity index (χ0v) is 29.8. The molecule has 1 unspecified atom stereocenters. The molecule has 2 aromatic carbocycles. The summed E-state index contributed by atoms with van der Waals surface area (Å²) in [5.74, 6) is -1.10. The van der Waals surface area contributed by atoms with Crippen molar-refractivity contribution in [3.63, 3.8) is 0 Å². The van der Waals surface area contributed by atoms with Crippen molar-refractivity contribution in [2.45, 2.75) is 75.8 Å². The second kappa shape index (κ2) is 15.6. The van der Waals surface area contributed by atoms with E-state index in [1.54, 1.807) is 74.5 Å². The number of imidazole rings is 1. The third-order valence-electron chi connectivity index (χ3n) is 8.69. The van der Waals surface area contributed by atoms with Crippen molar-refractivity contribution in [3.8, 4) is 0 Å². The number of nitrogens with one attached hydrogen (secondary N) is 3. The number of nitrogens with two attached hydrogens (primary N) is 1. The number of nitrogen functional groups attached to an aromatic ring is 1. The van der Waals surface area contributed by atoms with E-state index in [4.69, 9.17) is 24.5 Å². The zero-order chi connectivity index (χ0) is 37.0. The minimum absolute atomic E-state index is 0.0299. The summed E-state index contributed by atoms with van der Waals surface area (Å²) < 4.78 is 39.2. The van der Waals surface area contributed by atoms with Gasteiger partial charge in [0.25, 0.3) is 0 Å². The van der Waals surface area contributed by atoms with Crippen LogP contribution in [0, 0.1) is 0 Å². The number of hydrogen-bond acceptors (Lipinski definition) is 14. The van der Waals surface area contributed by atoms with Crippen LogP contribution in [0.4, 0.5) is 11.8 Å². The molecular formula is C34H43N8O9P. The molecule has 1 aliphatic carbocycles. The zero-order valence-electron chi connectivity index (χ0n) is 28.9. The number of carbonyl (C=O) groups is 2. The van der Waals surface area contributed by atoms with Crippen LogP contribution in [0.2, 0.25) is 0 Å². The first-order valence-electron chi connectivity index (χ1n) is 17.0. The van der Waals surface area contributed by atoms with Gasteiger partial charge in [-0.05, 0) is 44.7 Å². The average molecular weight is 739 g/mol. The number of hydrogen-bond donors (Lipinski definition) is 6. The van der Waals surface area contributed by atoms with Gasteiger partial charge in [-0.25, -0.2) is 24.7 Å². The van der Waals surface area contributed by atoms with E-state index in [1.165, 1.54) is 17.8 Å². The fraction of sp³-hybridized carbons (Fsp3) is 0.441. The SMILES string of the molecule is CCOC(=O)[C@@H](NP(=O)(N[C@H](C(=O)OCC)c1ccccc1)OC[C@H]1O[C@@H](n2cnc3c(NC4CC4)nc(N)nc32)[C@@](C)(O)C1O)c1ccccc1. The predicted octanol–water partition coefficient (Wildman–Crippen LogP) is 2.90. The average Bonchev–Trinajstić information content (AvgIpc) is 3.80. The van der Waals surface area contributed by atoms with E-state index >= 15 is 0 Å². The number of nitrogens with zero attached hydrogens (tertiary/aromatic N) is 4. The Hall–Kier alpha value is -4.48. The molecule has 6 atom stereocenters. The van der Waals surface area contributed by atoms with Crippen LogP contribution < -0.4 is 21.2 Å². The van der Waals surface area contributed by atoms with Gasteiger partial charge < -0.3 is 40.0 Å². The molecule has 0 amide bonds. The lowest BCUT2D eigenvalue weighted by atomic mass is 9.96. The van der Waals surface area contributed by atoms with Crippen LogP contribution in [-0.4, -0.2) is 85.3 Å². The maximum Gasteiger partial charge on any atom is 0.342 e. The van der Waals surface area contributed by atoms with E-state index in [9.17, 15) is 24.4 Å². The highest BCUT2D eigenvalue weighted by molar-refractivity contribution is 7.54. The lowest BCUT2D eigenvalue weighted by Gasteiger charge is -2.30. The summed E-state index contributed by atoms with van der Waals surface area (Å²) in [5, 5.41) is 31.8. The largest absolute Gasteiger partial charge is 0.465 e. The molecule has 7 N–H and O–H groups in total. The van der Waals surface area contributed by atoms with Gasteiger partial charge in [0.2, 0.25) is 5.95 Å². The molecule has 2 aliphatic rings. The van der Waals surface area contributed by atoms with Gasteiger partial charge in [0, 0.05) is 6.04 Å². The summed E-state index contributed by atoms with van der Waals surface area (Å²) in [5.41, 5.74) is 5.54. The summed E-state index contributed by atoms with van der Waals surface area (Å²) in [7, 11) is -4.52. The van der Waals surface area contributed by atoms with Gasteiger partial charge in [0.15, 0.2) is 23.2 Å². The first-order valence-corrected chi connectivity index (χ1v) is 18.6. The van der Waals surface area contributed by atoms with Crippen LogP contribution in [0.3, 0.4) is 0 Å². The van der Waals surface area contributed by atoms with Crippen molar-refractivity contribution >= 4 is 42.5 Å². The standard InChI is InChI=1S/C34H43N8O9P/c1-4-48-30(44)24(20-12-8-6-9-13-20)40-52(47,41-25(31(45)49-5-2)21-14-10-7-11-15-21)50-18-23-27(43)34(3,46)32(51-23)42-19-36-26-28(37-22-16-17-22)38-33(35)39-29(26)42/h6-15,19,22-25,27,32,43,46H,4-5,16-18H2,1-3H3,(H2,40,41,47)(H3,35,37,38,39)/t23-,24+,25+,27?,32-,34+/m1/s1. The van der Waals surface area contributed by atoms with E-state index in [1.807, 2.05) is 0 Å². The first-order chi connectivity index (χ1) is 24.9. The van der Waals surface area contributed by atoms with Gasteiger partial charge in [-0.3, -0.25) is 9.13 Å². The number of aliphatic hydroxyl groups excluding tert-OH is 1. The van der Waals surface area contributed by atoms with E-state index in [2.05, 4.69) is 30.4 Å². The molecule has 52 heavy (non-hydrogen) atoms. The minimum atomic E-state index is -4.52. The number of esters is 2. The summed E-state index contributed by atoms with van der Waals surface area (Å²) in [4.78, 5) is 39.6. The molecule has 0 spiro atoms. The Morgan fingerprint density at radius 1 is 1.00 bits per heavy atom. The Bertz CT molecular complexity index is 1840. The van der Waals surface area contributed by atoms with Gasteiger partial charge in [-0.1, -0.05) is 60.7 Å². The monoisotopic (exact) mass is 738 g/mol. The molecule has 0 radical (unpaired) electrons. The van der Waals surface area contributed by atoms with Crippen molar-refractivity contribution in [1.29, 1.82) is 0 Å². The number of rotatable bonds is 16. The van der Waals surface area contributed by atoms with Gasteiger partial charge >= 0.3 is 19.6 Å². The Labute approximate surface area is 299 Å². The van der Waals surface area contributed by atoms with Crippen LogP contribution in [0.15, 0.2) is 67.0 Å². The van der Waals surface area contributed by atoms with Crippen LogP contribution in [0.1, 0.15) is 63.1 Å². The van der Waals surface area contributed by atoms with Crippen molar-refractivity contribution in [2.75, 3.05) is 30.9 Å². The Kier molecular flexibility index (Phi) is 11.2. The Morgan fingerprint density at radius 3 is 2.08 bits per heavy atom. The number of fused-ring (bicyclic) bond motifs is 1. The van der Waals surface area contributed by atoms with Gasteiger partial charge in [-0.2, -0.15) is 9.97 Å². The lowest BCUT2D eigenvalue weighted by molar-refractivity contribution is -0.145. The highest BCUT2D eigenvalue weighted by Crippen LogP contribution is 2.47. The molecule has 17 nitrogen and oxygen atoms in total. The fourth-order valence-corrected chi connectivity index (χ4v) is 7.67. The van der Waals surface area contributed by atoms with Crippen molar-refractivity contribution < 1.29 is 43.1 Å². The molecular weight excluding hydrogens is 695 g/mol. The summed E-state index contributed by atoms with van der Waals surface area (Å²) in [6.07, 6.45) is -0.770. The lowest BCUT2D eigenvalue weighted by Crippen LogP contribution is -2.44. The fourth-order valence-electron chi connectivity index (χ4n) is 5.90. The maximum absolute atomic E-state index is 15.0. The molecule has 6 rings (SSSR count). The molecule has 0 bridgehead atoms. The highest BCUT2D eigenvalue weighted by Gasteiger charge is 2.54. The smallest absolute Gasteiger partial charge is 0.342 e. The van der Waals surface area contributed by atoms with Crippen LogP contribution in [0.5, 0.6) is 0 Å². The summed E-state index contributed by atoms with van der Waals surface area (Å²) >= 11 is 0. The molecule has 1 saturated carbocycles. The quantitative estimate of drug-likeness (QED) is 0.0716. The van der Waals surface area contributed by atoms with Crippen molar-refractivity contribution in [1.82, 2.24) is 29.7 Å². The van der Waals surface area contributed by atoms with E-state index in [0.717, 1.165) is 12.8 Å². The molecule has 278 valence electrons. The van der Waals surface area contributed by atoms with E-state index < -0.39 is 62.3 Å². The third-order valence-corrected chi connectivity index (χ3v) is 10.4. The van der Waals surface area contributed by atoms with Gasteiger partial charge in [0.05, 0.1) is 26.1 Å². The minimum Gasteiger partial charge on any atom is -0.465 e. The number of aliphatic hydroxyl groups is 2. The van der Waals surface area contributed by atoms with Crippen molar-refractivity contribution in [2.24, 2.45) is 0 Å². The van der Waals surface area contributed by atoms with Crippen LogP contribution >= 0.6 is 7.67 Å². The first kappa shape index (κ1) is 37.3. The molecule has 1 aliphatic heterocycles. The Balaban J connectivity index is 1.31. The second-order valence-electron chi connectivity index (χ2n) is 12.7. The Morgan fingerprint density at radius 2 is 1.56 bits per heavy atom. The summed E-state index contributed by atoms with van der Waals surface area (Å²) in [6.45, 7) is 4.13. The highest BCUT2D eigenvalue weighted by atomic mass is 31.2. The second-order valence-corrected chi connectivity index (χ2v) is 14.5. The van der Waals surface area contributed by atoms with E-state index in [-0.39, 0.29) is 30.9 Å².